The van der Waals surface area contributed by atoms with E-state index in [0.29, 0.717) is 48.0 Å². The van der Waals surface area contributed by atoms with Crippen LogP contribution in [0, 0.1) is 46.3 Å². The molecule has 51 heavy (non-hydrogen) atoms. The Hall–Kier alpha value is -0.740. The van der Waals surface area contributed by atoms with Crippen LogP contribution < -0.4 is 5.32 Å². The summed E-state index contributed by atoms with van der Waals surface area (Å²) in [5, 5.41) is 66.8. The quantitative estimate of drug-likeness (QED) is 0.206. The van der Waals surface area contributed by atoms with E-state index < -0.39 is 68.0 Å². The monoisotopic (exact) mass is 721 g/mol. The maximum absolute atomic E-state index is 11.1. The molecule has 290 valence electrons. The number of rotatable bonds is 5. The second kappa shape index (κ2) is 13.5. The van der Waals surface area contributed by atoms with Gasteiger partial charge in [0.15, 0.2) is 12.6 Å². The first-order chi connectivity index (χ1) is 24.2. The summed E-state index contributed by atoms with van der Waals surface area (Å²) in [6, 6.07) is 0. The largest absolute Gasteiger partial charge is 0.394 e. The summed E-state index contributed by atoms with van der Waals surface area (Å²) in [6.45, 7) is 11.9. The molecule has 12 heteroatoms. The molecule has 0 aromatic heterocycles. The van der Waals surface area contributed by atoms with Crippen LogP contribution in [-0.2, 0) is 23.7 Å². The van der Waals surface area contributed by atoms with Gasteiger partial charge in [0.2, 0.25) is 0 Å². The fourth-order valence-electron chi connectivity index (χ4n) is 12.7. The van der Waals surface area contributed by atoms with Crippen molar-refractivity contribution in [2.24, 2.45) is 46.3 Å². The van der Waals surface area contributed by atoms with Crippen molar-refractivity contribution in [3.8, 4) is 0 Å². The van der Waals surface area contributed by atoms with Crippen LogP contribution in [0.1, 0.15) is 92.4 Å². The third-order valence-electron chi connectivity index (χ3n) is 15.8. The van der Waals surface area contributed by atoms with Crippen molar-refractivity contribution in [3.63, 3.8) is 0 Å². The lowest BCUT2D eigenvalue weighted by Gasteiger charge is -2.59. The van der Waals surface area contributed by atoms with Gasteiger partial charge < -0.3 is 54.3 Å². The number of allylic oxidation sites excluding steroid dienone is 1. The van der Waals surface area contributed by atoms with E-state index in [2.05, 4.69) is 39.1 Å². The van der Waals surface area contributed by atoms with E-state index in [0.717, 1.165) is 38.6 Å². The highest BCUT2D eigenvalue weighted by Crippen LogP contribution is 2.70. The minimum Gasteiger partial charge on any atom is -0.394 e. The topological polar surface area (TPSA) is 180 Å². The number of hydrogen-bond acceptors (Lipinski definition) is 12. The predicted octanol–water partition coefficient (Wildman–Crippen LogP) is 1.96. The van der Waals surface area contributed by atoms with E-state index in [9.17, 15) is 30.6 Å². The van der Waals surface area contributed by atoms with Gasteiger partial charge in [0.05, 0.1) is 24.9 Å². The van der Waals surface area contributed by atoms with Crippen LogP contribution in [0.4, 0.5) is 0 Å². The summed E-state index contributed by atoms with van der Waals surface area (Å²) >= 11 is 0. The number of fused-ring (bicyclic) bond motifs is 7. The van der Waals surface area contributed by atoms with Gasteiger partial charge in [-0.05, 0) is 105 Å². The molecule has 4 aliphatic heterocycles. The molecule has 1 spiro atoms. The number of hydrogen-bond donors (Lipinski definition) is 7. The normalized spacial score (nSPS) is 58.4. The Morgan fingerprint density at radius 3 is 2.35 bits per heavy atom. The number of nitrogens with one attached hydrogen (secondary N) is 1. The van der Waals surface area contributed by atoms with Crippen molar-refractivity contribution < 1.29 is 54.3 Å². The third kappa shape index (κ3) is 5.84. The molecule has 0 radical (unpaired) electrons. The zero-order valence-corrected chi connectivity index (χ0v) is 31.0. The summed E-state index contributed by atoms with van der Waals surface area (Å²) in [7, 11) is 0. The van der Waals surface area contributed by atoms with Crippen LogP contribution in [0.3, 0.4) is 0 Å². The Morgan fingerprint density at radius 1 is 0.843 bits per heavy atom. The van der Waals surface area contributed by atoms with Gasteiger partial charge in [-0.15, -0.1) is 0 Å². The molecule has 21 atom stereocenters. The van der Waals surface area contributed by atoms with E-state index in [1.165, 1.54) is 24.8 Å². The Balaban J connectivity index is 0.964. The summed E-state index contributed by atoms with van der Waals surface area (Å²) in [5.41, 5.74) is 1.61. The average molecular weight is 722 g/mol. The Morgan fingerprint density at radius 2 is 1.63 bits per heavy atom. The van der Waals surface area contributed by atoms with E-state index in [1.807, 2.05) is 0 Å². The van der Waals surface area contributed by atoms with Gasteiger partial charge >= 0.3 is 0 Å². The fraction of sp³-hybridized carbons (Fsp3) is 0.949. The Kier molecular flexibility index (Phi) is 9.83. The maximum Gasteiger partial charge on any atom is 0.187 e. The van der Waals surface area contributed by atoms with Crippen molar-refractivity contribution in [2.75, 3.05) is 13.2 Å². The lowest BCUT2D eigenvalue weighted by atomic mass is 9.47. The first-order valence-electron chi connectivity index (χ1n) is 20.0. The SMILES string of the molecule is C[C@H]1CC[C@]2(NC1)O[C@@H]1C[C@H]3[C@@H]4CC=C5C[C@@H](O[C@@H]6O[C@H](CO)[C@@H](O)[C@H](O)[C@H]6O[C@@H]6O[C@@H](C)[C@H](O)[C@@H](O)[C@H]6O)CC[C@]5(C)[C@H]4CC[C@]3(C)[C@@H]1[C@@H]2C. The highest BCUT2D eigenvalue weighted by atomic mass is 16.8. The molecule has 0 unspecified atom stereocenters. The minimum absolute atomic E-state index is 0.0659. The summed E-state index contributed by atoms with van der Waals surface area (Å²) in [6.07, 6.45) is -1.26. The van der Waals surface area contributed by atoms with Crippen LogP contribution in [0.15, 0.2) is 11.6 Å². The lowest BCUT2D eigenvalue weighted by Crippen LogP contribution is -2.64. The zero-order chi connectivity index (χ0) is 36.2. The molecule has 8 rings (SSSR count). The number of ether oxygens (including phenoxy) is 5. The van der Waals surface area contributed by atoms with Gasteiger partial charge in [0, 0.05) is 12.5 Å². The number of piperidine rings is 1. The predicted molar refractivity (Wildman–Crippen MR) is 184 cm³/mol. The molecule has 0 amide bonds. The van der Waals surface area contributed by atoms with Gasteiger partial charge in [-0.2, -0.15) is 0 Å². The highest BCUT2D eigenvalue weighted by Gasteiger charge is 2.68. The second-order valence-electron chi connectivity index (χ2n) is 18.4. The maximum atomic E-state index is 11.1. The van der Waals surface area contributed by atoms with Crippen molar-refractivity contribution >= 4 is 0 Å². The minimum atomic E-state index is -1.60. The van der Waals surface area contributed by atoms with E-state index in [-0.39, 0.29) is 22.7 Å². The first-order valence-corrected chi connectivity index (χ1v) is 20.0. The van der Waals surface area contributed by atoms with Crippen molar-refractivity contribution in [3.05, 3.63) is 11.6 Å². The van der Waals surface area contributed by atoms with Gasteiger partial charge in [-0.1, -0.05) is 39.3 Å². The van der Waals surface area contributed by atoms with Gasteiger partial charge in [-0.25, -0.2) is 0 Å². The van der Waals surface area contributed by atoms with Crippen LogP contribution in [0.25, 0.3) is 0 Å². The highest BCUT2D eigenvalue weighted by molar-refractivity contribution is 5.26. The Bertz CT molecular complexity index is 1310. The molecule has 4 aliphatic carbocycles. The van der Waals surface area contributed by atoms with Crippen LogP contribution in [-0.4, -0.2) is 123 Å². The molecular weight excluding hydrogens is 658 g/mol. The molecule has 0 aromatic rings. The number of aliphatic hydroxyl groups excluding tert-OH is 6. The first kappa shape index (κ1) is 37.2. The van der Waals surface area contributed by atoms with E-state index in [1.54, 1.807) is 6.92 Å². The molecule has 7 fully saturated rings. The summed E-state index contributed by atoms with van der Waals surface area (Å²) in [4.78, 5) is 0. The second-order valence-corrected chi connectivity index (χ2v) is 18.4. The molecule has 4 heterocycles. The molecule has 0 aromatic carbocycles. The summed E-state index contributed by atoms with van der Waals surface area (Å²) in [5.74, 6) is 3.68. The van der Waals surface area contributed by atoms with Crippen molar-refractivity contribution in [1.82, 2.24) is 5.32 Å². The van der Waals surface area contributed by atoms with Crippen molar-refractivity contribution in [1.29, 1.82) is 0 Å². The Labute approximate surface area is 302 Å². The van der Waals surface area contributed by atoms with E-state index >= 15 is 0 Å². The zero-order valence-electron chi connectivity index (χ0n) is 31.0. The van der Waals surface area contributed by atoms with Gasteiger partial charge in [-0.3, -0.25) is 5.32 Å². The smallest absolute Gasteiger partial charge is 0.187 e. The lowest BCUT2D eigenvalue weighted by molar-refractivity contribution is -0.369. The van der Waals surface area contributed by atoms with Crippen LogP contribution in [0.2, 0.25) is 0 Å². The average Bonchev–Trinajstić information content (AvgIpc) is 3.56. The van der Waals surface area contributed by atoms with Crippen molar-refractivity contribution in [2.45, 2.75) is 172 Å². The summed E-state index contributed by atoms with van der Waals surface area (Å²) < 4.78 is 31.2. The standard InChI is InChI=1S/C39H63NO11/c1-18-8-13-39(40-16-18)19(2)28-26(51-39)15-25-23-7-6-21-14-22(9-11-37(21,4)24(23)10-12-38(25,28)5)48-36-34(32(45)30(43)27(17-41)49-36)50-35-33(46)31(44)29(42)20(3)47-35/h6,18-20,22-36,40-46H,7-17H2,1-5H3/t18-,19-,20-,22-,23+,24-,25-,26+,27+,28+,29-,30+,31+,32-,33+,34+,35-,36+,37-,38-,39-/m0/s1. The number of aliphatic hydroxyl groups is 6. The molecule has 3 saturated carbocycles. The molecule has 7 N–H and O–H groups in total. The van der Waals surface area contributed by atoms with Gasteiger partial charge in [0.1, 0.15) is 48.5 Å². The van der Waals surface area contributed by atoms with Crippen LogP contribution in [0.5, 0.6) is 0 Å². The molecular formula is C39H63NO11. The molecule has 12 nitrogen and oxygen atoms in total. The molecule has 8 aliphatic rings. The molecule has 4 saturated heterocycles. The fourth-order valence-corrected chi connectivity index (χ4v) is 12.7. The van der Waals surface area contributed by atoms with Crippen LogP contribution >= 0.6 is 0 Å². The van der Waals surface area contributed by atoms with Gasteiger partial charge in [0.25, 0.3) is 0 Å². The van der Waals surface area contributed by atoms with E-state index in [4.69, 9.17) is 23.7 Å². The third-order valence-corrected chi connectivity index (χ3v) is 15.8. The molecule has 0 bridgehead atoms.